The largest absolute Gasteiger partial charge is 0.491 e. The molecule has 1 aliphatic heterocycles. The lowest BCUT2D eigenvalue weighted by Gasteiger charge is -2.28. The molecule has 1 aliphatic rings. The number of benzene rings is 2. The van der Waals surface area contributed by atoms with Crippen molar-refractivity contribution >= 4 is 23.4 Å². The molecule has 0 aliphatic carbocycles. The highest BCUT2D eigenvalue weighted by molar-refractivity contribution is 6.05. The van der Waals surface area contributed by atoms with Crippen molar-refractivity contribution in [2.45, 2.75) is 20.0 Å². The summed E-state index contributed by atoms with van der Waals surface area (Å²) in [7, 11) is 0. The number of hydrogen-bond acceptors (Lipinski definition) is 5. The van der Waals surface area contributed by atoms with Gasteiger partial charge in [0.05, 0.1) is 23.3 Å². The molecule has 0 saturated heterocycles. The fraction of sp³-hybridized carbons (Fsp3) is 0.250. The number of carbonyl (C=O) groups excluding carboxylic acids is 1. The van der Waals surface area contributed by atoms with Gasteiger partial charge in [0, 0.05) is 18.2 Å². The minimum atomic E-state index is -0.492. The number of rotatable bonds is 5. The maximum Gasteiger partial charge on any atom is 0.271 e. The number of ether oxygens (including phenoxy) is 2. The molecule has 1 amide bonds. The van der Waals surface area contributed by atoms with Gasteiger partial charge in [0.2, 0.25) is 0 Å². The Morgan fingerprint density at radius 3 is 2.85 bits per heavy atom. The van der Waals surface area contributed by atoms with Crippen molar-refractivity contribution in [3.8, 4) is 11.5 Å². The highest BCUT2D eigenvalue weighted by Crippen LogP contribution is 2.35. The fourth-order valence-corrected chi connectivity index (χ4v) is 2.77. The predicted octanol–water partition coefficient (Wildman–Crippen LogP) is 3.82. The third-order valence-electron chi connectivity index (χ3n) is 3.93. The summed E-state index contributed by atoms with van der Waals surface area (Å²) in [6.07, 6.45) is 3.20. The van der Waals surface area contributed by atoms with Crippen LogP contribution in [0, 0.1) is 10.1 Å². The molecular formula is C20H20N2O5. The summed E-state index contributed by atoms with van der Waals surface area (Å²) in [6, 6.07) is 11.7. The molecule has 1 heterocycles. The molecule has 0 saturated carbocycles. The van der Waals surface area contributed by atoms with Gasteiger partial charge < -0.3 is 14.4 Å². The minimum absolute atomic E-state index is 0.0616. The van der Waals surface area contributed by atoms with E-state index < -0.39 is 4.92 Å². The maximum absolute atomic E-state index is 12.7. The van der Waals surface area contributed by atoms with Crippen molar-refractivity contribution in [3.63, 3.8) is 0 Å². The van der Waals surface area contributed by atoms with Crippen LogP contribution in [0.25, 0.3) is 6.08 Å². The summed E-state index contributed by atoms with van der Waals surface area (Å²) < 4.78 is 11.1. The Bertz CT molecular complexity index is 892. The van der Waals surface area contributed by atoms with E-state index in [9.17, 15) is 14.9 Å². The highest BCUT2D eigenvalue weighted by Gasteiger charge is 2.24. The van der Waals surface area contributed by atoms with Gasteiger partial charge >= 0.3 is 0 Å². The number of nitro benzene ring substituents is 1. The third-order valence-corrected chi connectivity index (χ3v) is 3.93. The Morgan fingerprint density at radius 2 is 2.11 bits per heavy atom. The van der Waals surface area contributed by atoms with Crippen LogP contribution in [0.1, 0.15) is 19.4 Å². The Balaban J connectivity index is 1.80. The van der Waals surface area contributed by atoms with Gasteiger partial charge in [-0.05, 0) is 43.7 Å². The molecule has 2 aromatic carbocycles. The molecule has 0 aromatic heterocycles. The van der Waals surface area contributed by atoms with E-state index in [0.717, 1.165) is 11.3 Å². The molecule has 0 atom stereocenters. The maximum atomic E-state index is 12.7. The Labute approximate surface area is 157 Å². The molecule has 0 N–H and O–H groups in total. The zero-order valence-electron chi connectivity index (χ0n) is 15.1. The lowest BCUT2D eigenvalue weighted by Crippen LogP contribution is -2.36. The van der Waals surface area contributed by atoms with E-state index in [1.54, 1.807) is 6.08 Å². The van der Waals surface area contributed by atoms with Crippen LogP contribution in [0.4, 0.5) is 11.4 Å². The number of nitro groups is 1. The average molecular weight is 368 g/mol. The summed E-state index contributed by atoms with van der Waals surface area (Å²) in [5, 5.41) is 11.0. The molecule has 0 spiro atoms. The van der Waals surface area contributed by atoms with Gasteiger partial charge in [-0.2, -0.15) is 0 Å². The summed E-state index contributed by atoms with van der Waals surface area (Å²) in [5.41, 5.74) is 1.15. The number of hydrogen-bond donors (Lipinski definition) is 0. The van der Waals surface area contributed by atoms with Crippen LogP contribution in [-0.2, 0) is 4.79 Å². The highest BCUT2D eigenvalue weighted by atomic mass is 16.6. The molecule has 0 fully saturated rings. The molecule has 7 heteroatoms. The summed E-state index contributed by atoms with van der Waals surface area (Å²) >= 11 is 0. The van der Waals surface area contributed by atoms with Crippen LogP contribution >= 0.6 is 0 Å². The molecule has 7 nitrogen and oxygen atoms in total. The van der Waals surface area contributed by atoms with Crippen LogP contribution in [0.15, 0.2) is 48.5 Å². The quantitative estimate of drug-likeness (QED) is 0.455. The minimum Gasteiger partial charge on any atom is -0.491 e. The smallest absolute Gasteiger partial charge is 0.271 e. The van der Waals surface area contributed by atoms with Crippen molar-refractivity contribution in [3.05, 3.63) is 64.2 Å². The zero-order chi connectivity index (χ0) is 19.4. The second-order valence-electron chi connectivity index (χ2n) is 6.32. The van der Waals surface area contributed by atoms with Gasteiger partial charge in [0.25, 0.3) is 11.6 Å². The summed E-state index contributed by atoms with van der Waals surface area (Å²) in [5.74, 6) is 0.920. The first-order valence-corrected chi connectivity index (χ1v) is 8.61. The monoisotopic (exact) mass is 368 g/mol. The van der Waals surface area contributed by atoms with Crippen LogP contribution in [0.3, 0.4) is 0 Å². The summed E-state index contributed by atoms with van der Waals surface area (Å²) in [4.78, 5) is 24.7. The normalized spacial score (nSPS) is 13.4. The van der Waals surface area contributed by atoms with Crippen LogP contribution in [0.5, 0.6) is 11.5 Å². The van der Waals surface area contributed by atoms with Crippen LogP contribution < -0.4 is 14.4 Å². The molecule has 140 valence electrons. The van der Waals surface area contributed by atoms with E-state index in [0.29, 0.717) is 24.6 Å². The van der Waals surface area contributed by atoms with Crippen molar-refractivity contribution in [1.29, 1.82) is 0 Å². The number of anilines is 1. The Hall–Kier alpha value is -3.35. The number of fused-ring (bicyclic) bond motifs is 1. The van der Waals surface area contributed by atoms with E-state index in [1.807, 2.05) is 38.1 Å². The number of amides is 1. The van der Waals surface area contributed by atoms with Gasteiger partial charge in [-0.15, -0.1) is 0 Å². The molecular weight excluding hydrogens is 348 g/mol. The van der Waals surface area contributed by atoms with Gasteiger partial charge in [-0.25, -0.2) is 0 Å². The first-order valence-electron chi connectivity index (χ1n) is 8.61. The standard InChI is InChI=1S/C20H20N2O5/c1-14(2)27-17-5-3-4-15(12-17)6-9-20(23)21-10-11-26-19-8-7-16(22(24)25)13-18(19)21/h3-9,12-14H,10-11H2,1-2H3/b9-6+. The molecule has 2 aromatic rings. The lowest BCUT2D eigenvalue weighted by atomic mass is 10.1. The first-order chi connectivity index (χ1) is 12.9. The lowest BCUT2D eigenvalue weighted by molar-refractivity contribution is -0.384. The Morgan fingerprint density at radius 1 is 1.30 bits per heavy atom. The molecule has 3 rings (SSSR count). The molecule has 0 unspecified atom stereocenters. The van der Waals surface area contributed by atoms with E-state index in [2.05, 4.69) is 0 Å². The predicted molar refractivity (Wildman–Crippen MR) is 102 cm³/mol. The van der Waals surface area contributed by atoms with Gasteiger partial charge in [0.15, 0.2) is 0 Å². The topological polar surface area (TPSA) is 81.9 Å². The Kier molecular flexibility index (Phi) is 5.40. The SMILES string of the molecule is CC(C)Oc1cccc(/C=C/C(=O)N2CCOc3ccc([N+](=O)[O-])cc32)c1. The van der Waals surface area contributed by atoms with Crippen molar-refractivity contribution in [1.82, 2.24) is 0 Å². The van der Waals surface area contributed by atoms with Crippen LogP contribution in [0.2, 0.25) is 0 Å². The number of nitrogens with zero attached hydrogens (tertiary/aromatic N) is 2. The molecule has 27 heavy (non-hydrogen) atoms. The van der Waals surface area contributed by atoms with Gasteiger partial charge in [-0.3, -0.25) is 14.9 Å². The first kappa shape index (κ1) is 18.4. The molecule has 0 bridgehead atoms. The van der Waals surface area contributed by atoms with Crippen molar-refractivity contribution in [2.24, 2.45) is 0 Å². The van der Waals surface area contributed by atoms with Crippen molar-refractivity contribution < 1.29 is 19.2 Å². The van der Waals surface area contributed by atoms with E-state index in [4.69, 9.17) is 9.47 Å². The van der Waals surface area contributed by atoms with E-state index in [-0.39, 0.29) is 17.7 Å². The van der Waals surface area contributed by atoms with Crippen molar-refractivity contribution in [2.75, 3.05) is 18.1 Å². The van der Waals surface area contributed by atoms with E-state index >= 15 is 0 Å². The van der Waals surface area contributed by atoms with Crippen LogP contribution in [-0.4, -0.2) is 30.1 Å². The van der Waals surface area contributed by atoms with Gasteiger partial charge in [-0.1, -0.05) is 12.1 Å². The zero-order valence-corrected chi connectivity index (χ0v) is 15.1. The molecule has 0 radical (unpaired) electrons. The number of carbonyl (C=O) groups is 1. The number of non-ortho nitro benzene ring substituents is 1. The average Bonchev–Trinajstić information content (AvgIpc) is 2.65. The fourth-order valence-electron chi connectivity index (χ4n) is 2.77. The summed E-state index contributed by atoms with van der Waals surface area (Å²) in [6.45, 7) is 4.55. The van der Waals surface area contributed by atoms with E-state index in [1.165, 1.54) is 29.2 Å². The second kappa shape index (κ2) is 7.90. The van der Waals surface area contributed by atoms with Gasteiger partial charge in [0.1, 0.15) is 18.1 Å². The second-order valence-corrected chi connectivity index (χ2v) is 6.32. The third kappa shape index (κ3) is 4.44.